The molecule has 0 atom stereocenters. The molecule has 0 aliphatic carbocycles. The molecule has 0 amide bonds. The average Bonchev–Trinajstić information content (AvgIpc) is 3.40. The minimum Gasteiger partial charge on any atom is -0.489 e. The molecule has 0 radical (unpaired) electrons. The van der Waals surface area contributed by atoms with Gasteiger partial charge in [-0.1, -0.05) is 72.8 Å². The topological polar surface area (TPSA) is 117 Å². The second-order valence-electron chi connectivity index (χ2n) is 9.46. The highest BCUT2D eigenvalue weighted by Crippen LogP contribution is 2.32. The highest BCUT2D eigenvalue weighted by Gasteiger charge is 2.23. The minimum absolute atomic E-state index is 0.171. The van der Waals surface area contributed by atoms with Gasteiger partial charge in [0.15, 0.2) is 0 Å². The first-order chi connectivity index (χ1) is 20.0. The van der Waals surface area contributed by atoms with Crippen molar-refractivity contribution in [2.75, 3.05) is 0 Å². The van der Waals surface area contributed by atoms with Gasteiger partial charge in [-0.15, -0.1) is 0 Å². The van der Waals surface area contributed by atoms with Crippen LogP contribution in [0.4, 0.5) is 0 Å². The summed E-state index contributed by atoms with van der Waals surface area (Å²) in [5, 5.41) is 0.189. The van der Waals surface area contributed by atoms with Crippen molar-refractivity contribution >= 4 is 16.8 Å². The fourth-order valence-corrected chi connectivity index (χ4v) is 4.64. The third-order valence-corrected chi connectivity index (χ3v) is 6.68. The fraction of sp³-hybridized carbons (Fsp3) is 0.0606. The van der Waals surface area contributed by atoms with Crippen LogP contribution >= 0.6 is 0 Å². The second-order valence-corrected chi connectivity index (χ2v) is 9.46. The van der Waals surface area contributed by atoms with Gasteiger partial charge in [-0.25, -0.2) is 4.79 Å². The number of nitrogens with one attached hydrogen (secondary N) is 3. The number of hydrogen-bond donors (Lipinski definition) is 3. The Kier molecular flexibility index (Phi) is 7.02. The number of aromatic amines is 3. The Balaban J connectivity index is 1.30. The first-order valence-corrected chi connectivity index (χ1v) is 13.0. The number of carbonyl (C=O) groups excluding carboxylic acids is 1. The molecule has 202 valence electrons. The summed E-state index contributed by atoms with van der Waals surface area (Å²) in [5.41, 5.74) is 2.56. The number of ketones is 1. The molecule has 0 aliphatic heterocycles. The number of H-pyrrole nitrogens is 3. The van der Waals surface area contributed by atoms with Crippen molar-refractivity contribution in [3.8, 4) is 22.6 Å². The fourth-order valence-electron chi connectivity index (χ4n) is 4.64. The molecule has 0 fully saturated rings. The van der Waals surface area contributed by atoms with Crippen molar-refractivity contribution in [1.29, 1.82) is 0 Å². The smallest absolute Gasteiger partial charge is 0.327 e. The van der Waals surface area contributed by atoms with Crippen LogP contribution in [0.2, 0.25) is 0 Å². The van der Waals surface area contributed by atoms with E-state index in [1.54, 1.807) is 48.5 Å². The summed E-state index contributed by atoms with van der Waals surface area (Å²) in [6.07, 6.45) is 0. The molecule has 2 aromatic heterocycles. The summed E-state index contributed by atoms with van der Waals surface area (Å²) in [6.45, 7) is 0.810. The molecule has 0 unspecified atom stereocenters. The van der Waals surface area contributed by atoms with E-state index in [-0.39, 0.29) is 22.5 Å². The molecule has 6 rings (SSSR count). The van der Waals surface area contributed by atoms with E-state index in [0.29, 0.717) is 41.4 Å². The normalized spacial score (nSPS) is 10.9. The highest BCUT2D eigenvalue weighted by atomic mass is 16.5. The predicted octanol–water partition coefficient (Wildman–Crippen LogP) is 5.60. The summed E-state index contributed by atoms with van der Waals surface area (Å²) in [7, 11) is 0. The van der Waals surface area contributed by atoms with Gasteiger partial charge in [0.2, 0.25) is 5.78 Å². The van der Waals surface area contributed by atoms with Crippen LogP contribution in [0.25, 0.3) is 22.2 Å². The van der Waals surface area contributed by atoms with Crippen LogP contribution in [0.3, 0.4) is 0 Å². The molecule has 0 saturated carbocycles. The van der Waals surface area contributed by atoms with E-state index >= 15 is 0 Å². The van der Waals surface area contributed by atoms with Crippen LogP contribution < -0.4 is 20.7 Å². The Hall–Kier alpha value is -5.63. The molecule has 0 saturated heterocycles. The first-order valence-electron chi connectivity index (χ1n) is 13.0. The maximum Gasteiger partial charge on any atom is 0.327 e. The lowest BCUT2D eigenvalue weighted by atomic mass is 9.98. The minimum atomic E-state index is -0.668. The number of aromatic nitrogens is 3. The zero-order chi connectivity index (χ0) is 28.2. The molecule has 0 spiro atoms. The quantitative estimate of drug-likeness (QED) is 0.205. The van der Waals surface area contributed by atoms with Crippen LogP contribution in [0.15, 0.2) is 119 Å². The molecule has 8 nitrogen and oxygen atoms in total. The van der Waals surface area contributed by atoms with Crippen molar-refractivity contribution in [2.24, 2.45) is 0 Å². The standard InChI is InChI=1S/C33H25N3O5/c37-30(24-13-17-26(18-14-24)41-20-22-9-5-2-6-10-22)29-27(28-31(34-29)35-33(39)36-32(28)38)23-11-15-25(16-12-23)40-19-21-7-3-1-4-8-21/h1-18H,19-20H2,(H3,34,35,36,38,39). The molecule has 0 bridgehead atoms. The SMILES string of the molecule is O=C(c1ccc(OCc2ccccc2)cc1)c1[nH]c2[nH]c(=O)[nH]c(=O)c2c1-c1ccc(OCc2ccccc2)cc1. The molecule has 0 aliphatic rings. The molecule has 8 heteroatoms. The van der Waals surface area contributed by atoms with Crippen molar-refractivity contribution in [2.45, 2.75) is 13.2 Å². The van der Waals surface area contributed by atoms with Gasteiger partial charge < -0.3 is 14.5 Å². The monoisotopic (exact) mass is 543 g/mol. The van der Waals surface area contributed by atoms with E-state index in [4.69, 9.17) is 9.47 Å². The molecule has 6 aromatic rings. The van der Waals surface area contributed by atoms with Crippen LogP contribution in [0.1, 0.15) is 27.2 Å². The molecule has 4 aromatic carbocycles. The van der Waals surface area contributed by atoms with E-state index in [1.165, 1.54) is 0 Å². The van der Waals surface area contributed by atoms with E-state index in [2.05, 4.69) is 15.0 Å². The maximum atomic E-state index is 13.7. The predicted molar refractivity (Wildman–Crippen MR) is 156 cm³/mol. The summed E-state index contributed by atoms with van der Waals surface area (Å²) in [4.78, 5) is 46.4. The number of rotatable bonds is 9. The van der Waals surface area contributed by atoms with Gasteiger partial charge in [-0.2, -0.15) is 0 Å². The summed E-state index contributed by atoms with van der Waals surface area (Å²) in [6, 6.07) is 33.5. The van der Waals surface area contributed by atoms with Crippen molar-refractivity contribution in [3.05, 3.63) is 152 Å². The van der Waals surface area contributed by atoms with Crippen molar-refractivity contribution < 1.29 is 14.3 Å². The summed E-state index contributed by atoms with van der Waals surface area (Å²) in [5.74, 6) is 0.920. The Bertz CT molecular complexity index is 1920. The summed E-state index contributed by atoms with van der Waals surface area (Å²) >= 11 is 0. The van der Waals surface area contributed by atoms with Crippen LogP contribution in [0, 0.1) is 0 Å². The third-order valence-electron chi connectivity index (χ3n) is 6.68. The Labute approximate surface area is 234 Å². The van der Waals surface area contributed by atoms with Gasteiger partial charge in [0, 0.05) is 11.1 Å². The number of fused-ring (bicyclic) bond motifs is 1. The Morgan fingerprint density at radius 1 is 0.610 bits per heavy atom. The average molecular weight is 544 g/mol. The zero-order valence-electron chi connectivity index (χ0n) is 21.8. The van der Waals surface area contributed by atoms with E-state index in [1.807, 2.05) is 60.7 Å². The van der Waals surface area contributed by atoms with E-state index < -0.39 is 11.2 Å². The molecule has 2 heterocycles. The molecular formula is C33H25N3O5. The third kappa shape index (κ3) is 5.58. The number of benzene rings is 4. The molecule has 3 N–H and O–H groups in total. The second kappa shape index (κ2) is 11.2. The lowest BCUT2D eigenvalue weighted by Crippen LogP contribution is -2.21. The first kappa shape index (κ1) is 25.6. The largest absolute Gasteiger partial charge is 0.489 e. The number of carbonyl (C=O) groups is 1. The molecular weight excluding hydrogens is 518 g/mol. The van der Waals surface area contributed by atoms with E-state index in [0.717, 1.165) is 11.1 Å². The van der Waals surface area contributed by atoms with Gasteiger partial charge >= 0.3 is 5.69 Å². The van der Waals surface area contributed by atoms with Gasteiger partial charge in [-0.05, 0) is 53.1 Å². The highest BCUT2D eigenvalue weighted by molar-refractivity contribution is 6.16. The van der Waals surface area contributed by atoms with Gasteiger partial charge in [-0.3, -0.25) is 19.6 Å². The summed E-state index contributed by atoms with van der Waals surface area (Å²) < 4.78 is 11.7. The van der Waals surface area contributed by atoms with Crippen molar-refractivity contribution in [1.82, 2.24) is 15.0 Å². The lowest BCUT2D eigenvalue weighted by molar-refractivity contribution is 0.103. The lowest BCUT2D eigenvalue weighted by Gasteiger charge is -2.09. The van der Waals surface area contributed by atoms with Crippen LogP contribution in [0.5, 0.6) is 11.5 Å². The van der Waals surface area contributed by atoms with Gasteiger partial charge in [0.05, 0.1) is 11.1 Å². The molecule has 41 heavy (non-hydrogen) atoms. The van der Waals surface area contributed by atoms with Crippen LogP contribution in [-0.4, -0.2) is 20.7 Å². The van der Waals surface area contributed by atoms with E-state index in [9.17, 15) is 14.4 Å². The Morgan fingerprint density at radius 3 is 1.71 bits per heavy atom. The number of hydrogen-bond acceptors (Lipinski definition) is 5. The van der Waals surface area contributed by atoms with Gasteiger partial charge in [0.25, 0.3) is 5.56 Å². The zero-order valence-corrected chi connectivity index (χ0v) is 21.8. The van der Waals surface area contributed by atoms with Crippen LogP contribution in [-0.2, 0) is 13.2 Å². The Morgan fingerprint density at radius 2 is 1.15 bits per heavy atom. The maximum absolute atomic E-state index is 13.7. The number of ether oxygens (including phenoxy) is 2. The van der Waals surface area contributed by atoms with Gasteiger partial charge in [0.1, 0.15) is 30.4 Å². The van der Waals surface area contributed by atoms with Crippen molar-refractivity contribution in [3.63, 3.8) is 0 Å².